The first-order chi connectivity index (χ1) is 22.5. The van der Waals surface area contributed by atoms with Crippen molar-refractivity contribution in [2.45, 2.75) is 193 Å². The van der Waals surface area contributed by atoms with E-state index in [4.69, 9.17) is 9.29 Å². The van der Waals surface area contributed by atoms with Gasteiger partial charge in [-0.25, -0.2) is 0 Å². The second-order valence-corrected chi connectivity index (χ2v) is 14.9. The second kappa shape index (κ2) is 30.2. The topological polar surface area (TPSA) is 130 Å². The number of carbonyl (C=O) groups excluding carboxylic acids is 2. The number of esters is 1. The molecule has 8 nitrogen and oxygen atoms in total. The molecule has 0 aliphatic carbocycles. The largest absolute Gasteiger partial charge is 0.462 e. The maximum atomic E-state index is 12.3. The molecule has 0 aliphatic rings. The number of amides is 1. The first kappa shape index (κ1) is 45.1. The zero-order chi connectivity index (χ0) is 35.1. The average Bonchev–Trinajstić information content (AvgIpc) is 2.98. The Bertz CT molecular complexity index is 982. The van der Waals surface area contributed by atoms with Gasteiger partial charge in [0, 0.05) is 19.4 Å². The molecule has 0 aromatic carbocycles. The summed E-state index contributed by atoms with van der Waals surface area (Å²) >= 11 is 0. The lowest BCUT2D eigenvalue weighted by molar-refractivity contribution is -0.149. The number of allylic oxidation sites excluding steroid dienone is 2. The molecule has 0 bridgehead atoms. The van der Waals surface area contributed by atoms with Gasteiger partial charge >= 0.3 is 5.97 Å². The Morgan fingerprint density at radius 2 is 1.34 bits per heavy atom. The van der Waals surface area contributed by atoms with Gasteiger partial charge in [-0.3, -0.25) is 14.1 Å². The van der Waals surface area contributed by atoms with Crippen LogP contribution in [0.1, 0.15) is 181 Å². The van der Waals surface area contributed by atoms with E-state index in [0.717, 1.165) is 32.1 Å². The maximum absolute atomic E-state index is 12.3. The fraction of sp³-hybridized carbons (Fsp3) is 0.842. The van der Waals surface area contributed by atoms with Crippen molar-refractivity contribution >= 4 is 22.0 Å². The fourth-order valence-corrected chi connectivity index (χ4v) is 5.91. The average molecular weight is 684 g/mol. The summed E-state index contributed by atoms with van der Waals surface area (Å²) < 4.78 is 35.9. The van der Waals surface area contributed by atoms with E-state index in [1.807, 2.05) is 6.92 Å². The van der Waals surface area contributed by atoms with Gasteiger partial charge < -0.3 is 15.2 Å². The molecule has 2 atom stereocenters. The first-order valence-corrected chi connectivity index (χ1v) is 20.3. The molecule has 0 radical (unpaired) electrons. The summed E-state index contributed by atoms with van der Waals surface area (Å²) in [4.78, 5) is 24.3. The van der Waals surface area contributed by atoms with Crippen LogP contribution in [0.3, 0.4) is 0 Å². The van der Waals surface area contributed by atoms with Gasteiger partial charge in [-0.05, 0) is 51.9 Å². The summed E-state index contributed by atoms with van der Waals surface area (Å²) in [7, 11) is -4.15. The van der Waals surface area contributed by atoms with E-state index < -0.39 is 27.4 Å². The van der Waals surface area contributed by atoms with Gasteiger partial charge in [0.05, 0.1) is 24.2 Å². The predicted molar refractivity (Wildman–Crippen MR) is 194 cm³/mol. The fourth-order valence-electron chi connectivity index (χ4n) is 5.55. The van der Waals surface area contributed by atoms with Crippen molar-refractivity contribution in [1.82, 2.24) is 5.32 Å². The van der Waals surface area contributed by atoms with Crippen LogP contribution in [0.25, 0.3) is 0 Å². The van der Waals surface area contributed by atoms with Crippen molar-refractivity contribution < 1.29 is 32.4 Å². The zero-order valence-electron chi connectivity index (χ0n) is 30.2. The Balaban J connectivity index is 3.88. The smallest absolute Gasteiger partial charge is 0.307 e. The molecule has 9 heteroatoms. The van der Waals surface area contributed by atoms with E-state index in [2.05, 4.69) is 36.2 Å². The Hall–Kier alpha value is -1.89. The maximum Gasteiger partial charge on any atom is 0.307 e. The SMILES string of the molecule is CCCCCCCCCCCCCCCCC=CCCC#CCCC(=O)OC(CCC)CCCC(C)(O)CC(=O)NCCS(=O)(=O)O. The minimum Gasteiger partial charge on any atom is -0.462 e. The quantitative estimate of drug-likeness (QED) is 0.0219. The zero-order valence-corrected chi connectivity index (χ0v) is 31.0. The molecule has 0 spiro atoms. The lowest BCUT2D eigenvalue weighted by atomic mass is 9.93. The van der Waals surface area contributed by atoms with Crippen molar-refractivity contribution in [3.8, 4) is 11.8 Å². The van der Waals surface area contributed by atoms with Crippen LogP contribution < -0.4 is 5.32 Å². The Morgan fingerprint density at radius 3 is 1.91 bits per heavy atom. The molecule has 0 rings (SSSR count). The van der Waals surface area contributed by atoms with Crippen LogP contribution in [-0.2, 0) is 24.4 Å². The molecule has 0 aromatic heterocycles. The molecule has 0 saturated heterocycles. The lowest BCUT2D eigenvalue weighted by Gasteiger charge is -2.24. The van der Waals surface area contributed by atoms with Gasteiger partial charge in [0.2, 0.25) is 5.91 Å². The number of aliphatic hydroxyl groups is 1. The number of unbranched alkanes of at least 4 members (excludes halogenated alkanes) is 15. The van der Waals surface area contributed by atoms with Crippen molar-refractivity contribution in [2.75, 3.05) is 12.3 Å². The molecule has 3 N–H and O–H groups in total. The molecular formula is C38H69NO7S. The third-order valence-electron chi connectivity index (χ3n) is 8.28. The molecule has 0 saturated carbocycles. The van der Waals surface area contributed by atoms with Gasteiger partial charge in [-0.2, -0.15) is 8.42 Å². The number of rotatable bonds is 31. The first-order valence-electron chi connectivity index (χ1n) is 18.7. The predicted octanol–water partition coefficient (Wildman–Crippen LogP) is 9.01. The number of hydrogen-bond acceptors (Lipinski definition) is 6. The van der Waals surface area contributed by atoms with Crippen LogP contribution in [-0.4, -0.2) is 54.0 Å². The van der Waals surface area contributed by atoms with Crippen LogP contribution in [0.15, 0.2) is 12.2 Å². The van der Waals surface area contributed by atoms with E-state index >= 15 is 0 Å². The van der Waals surface area contributed by atoms with Crippen LogP contribution in [0.5, 0.6) is 0 Å². The highest BCUT2D eigenvalue weighted by molar-refractivity contribution is 7.85. The highest BCUT2D eigenvalue weighted by Gasteiger charge is 2.25. The van der Waals surface area contributed by atoms with E-state index in [1.165, 1.54) is 89.9 Å². The van der Waals surface area contributed by atoms with E-state index in [0.29, 0.717) is 25.7 Å². The summed E-state index contributed by atoms with van der Waals surface area (Å²) in [6.45, 7) is 5.62. The molecule has 1 amide bonds. The van der Waals surface area contributed by atoms with E-state index in [-0.39, 0.29) is 31.5 Å². The second-order valence-electron chi connectivity index (χ2n) is 13.4. The lowest BCUT2D eigenvalue weighted by Crippen LogP contribution is -2.36. The van der Waals surface area contributed by atoms with Crippen LogP contribution in [0.2, 0.25) is 0 Å². The summed E-state index contributed by atoms with van der Waals surface area (Å²) in [5, 5.41) is 12.9. The van der Waals surface area contributed by atoms with Crippen LogP contribution in [0, 0.1) is 11.8 Å². The molecular weight excluding hydrogens is 614 g/mol. The highest BCUT2D eigenvalue weighted by atomic mass is 32.2. The van der Waals surface area contributed by atoms with Gasteiger partial charge in [-0.1, -0.05) is 116 Å². The summed E-state index contributed by atoms with van der Waals surface area (Å²) in [5.74, 6) is 4.89. The van der Waals surface area contributed by atoms with Gasteiger partial charge in [0.1, 0.15) is 6.10 Å². The van der Waals surface area contributed by atoms with Crippen LogP contribution >= 0.6 is 0 Å². The highest BCUT2D eigenvalue weighted by Crippen LogP contribution is 2.21. The number of nitrogens with one attached hydrogen (secondary N) is 1. The molecule has 0 aromatic rings. The normalized spacial score (nSPS) is 13.6. The Morgan fingerprint density at radius 1 is 0.787 bits per heavy atom. The van der Waals surface area contributed by atoms with Crippen molar-refractivity contribution in [3.05, 3.63) is 12.2 Å². The molecule has 0 fully saturated rings. The minimum atomic E-state index is -4.15. The summed E-state index contributed by atoms with van der Waals surface area (Å²) in [6.07, 6.45) is 30.1. The molecule has 47 heavy (non-hydrogen) atoms. The Labute approximate surface area is 288 Å². The third kappa shape index (κ3) is 33.8. The molecule has 0 heterocycles. The van der Waals surface area contributed by atoms with E-state index in [9.17, 15) is 23.1 Å². The van der Waals surface area contributed by atoms with Crippen LogP contribution in [0.4, 0.5) is 0 Å². The molecule has 274 valence electrons. The molecule has 0 aliphatic heterocycles. The number of hydrogen-bond donors (Lipinski definition) is 3. The molecule has 2 unspecified atom stereocenters. The summed E-state index contributed by atoms with van der Waals surface area (Å²) in [5.41, 5.74) is -1.28. The van der Waals surface area contributed by atoms with E-state index in [1.54, 1.807) is 6.92 Å². The Kier molecular flexibility index (Phi) is 29.0. The van der Waals surface area contributed by atoms with Crippen molar-refractivity contribution in [2.24, 2.45) is 0 Å². The van der Waals surface area contributed by atoms with Gasteiger partial charge in [-0.15, -0.1) is 11.8 Å². The minimum absolute atomic E-state index is 0.190. The number of carbonyl (C=O) groups is 2. The third-order valence-corrected chi connectivity index (χ3v) is 9.00. The van der Waals surface area contributed by atoms with Crippen molar-refractivity contribution in [3.63, 3.8) is 0 Å². The monoisotopic (exact) mass is 683 g/mol. The van der Waals surface area contributed by atoms with Gasteiger partial charge in [0.25, 0.3) is 10.1 Å². The van der Waals surface area contributed by atoms with Gasteiger partial charge in [0.15, 0.2) is 0 Å². The summed E-state index contributed by atoms with van der Waals surface area (Å²) in [6, 6.07) is 0. The number of ether oxygens (including phenoxy) is 1. The standard InChI is InChI=1S/C38H69NO7S/c1-4-6-7-8-9-10-11-12-13-14-15-16-17-18-19-20-21-22-23-24-25-26-30-37(41)46-35(28-5-2)29-27-31-38(3,42)34-36(40)39-32-33-47(43,44)45/h20-21,35,42H,4-19,22-23,26-34H2,1-3H3,(H,39,40)(H,43,44,45). The van der Waals surface area contributed by atoms with Crippen molar-refractivity contribution in [1.29, 1.82) is 0 Å².